The van der Waals surface area contributed by atoms with Crippen LogP contribution in [0.4, 0.5) is 0 Å². The Morgan fingerprint density at radius 1 is 1.44 bits per heavy atom. The molecular formula is C13H12BrNO3. The van der Waals surface area contributed by atoms with Crippen LogP contribution < -0.4 is 5.56 Å². The maximum atomic E-state index is 11.9. The molecule has 5 heteroatoms. The number of benzene rings is 1. The summed E-state index contributed by atoms with van der Waals surface area (Å²) < 4.78 is 0.824. The zero-order valence-electron chi connectivity index (χ0n) is 9.79. The normalized spacial score (nSPS) is 10.8. The number of pyridine rings is 1. The summed E-state index contributed by atoms with van der Waals surface area (Å²) in [5, 5.41) is 9.63. The van der Waals surface area contributed by atoms with Crippen LogP contribution in [0.3, 0.4) is 0 Å². The van der Waals surface area contributed by atoms with Gasteiger partial charge in [0.25, 0.3) is 5.56 Å². The van der Waals surface area contributed by atoms with E-state index in [0.717, 1.165) is 20.9 Å². The Morgan fingerprint density at radius 3 is 2.83 bits per heavy atom. The zero-order valence-corrected chi connectivity index (χ0v) is 11.4. The Balaban J connectivity index is 2.62. The molecule has 4 nitrogen and oxygen atoms in total. The highest BCUT2D eigenvalue weighted by atomic mass is 79.9. The predicted molar refractivity (Wildman–Crippen MR) is 73.0 cm³/mol. The van der Waals surface area contributed by atoms with Gasteiger partial charge in [0.15, 0.2) is 0 Å². The fourth-order valence-electron chi connectivity index (χ4n) is 2.02. The predicted octanol–water partition coefficient (Wildman–Crippen LogP) is 2.62. The second-order valence-corrected chi connectivity index (χ2v) is 4.97. The number of aromatic nitrogens is 1. The molecule has 0 amide bonds. The number of carboxylic acids is 1. The van der Waals surface area contributed by atoms with E-state index in [0.29, 0.717) is 5.56 Å². The summed E-state index contributed by atoms with van der Waals surface area (Å²) in [5.74, 6) is -0.900. The lowest BCUT2D eigenvalue weighted by molar-refractivity contribution is -0.136. The van der Waals surface area contributed by atoms with Gasteiger partial charge in [-0.25, -0.2) is 0 Å². The number of hydrogen-bond donors (Lipinski definition) is 2. The fraction of sp³-hybridized carbons (Fsp3) is 0.231. The molecular weight excluding hydrogens is 298 g/mol. The highest BCUT2D eigenvalue weighted by molar-refractivity contribution is 9.10. The largest absolute Gasteiger partial charge is 0.481 e. The highest BCUT2D eigenvalue weighted by Crippen LogP contribution is 2.24. The van der Waals surface area contributed by atoms with Crippen molar-refractivity contribution in [3.8, 4) is 0 Å². The maximum absolute atomic E-state index is 11.9. The number of halogens is 1. The molecule has 0 bridgehead atoms. The highest BCUT2D eigenvalue weighted by Gasteiger charge is 2.11. The Kier molecular flexibility index (Phi) is 3.52. The van der Waals surface area contributed by atoms with Gasteiger partial charge in [-0.15, -0.1) is 0 Å². The summed E-state index contributed by atoms with van der Waals surface area (Å²) in [7, 11) is 0. The van der Waals surface area contributed by atoms with Crippen molar-refractivity contribution in [2.75, 3.05) is 0 Å². The van der Waals surface area contributed by atoms with Gasteiger partial charge in [-0.05, 0) is 40.9 Å². The first-order chi connectivity index (χ1) is 8.50. The summed E-state index contributed by atoms with van der Waals surface area (Å²) in [4.78, 5) is 25.3. The molecule has 0 aliphatic carbocycles. The minimum Gasteiger partial charge on any atom is -0.481 e. The van der Waals surface area contributed by atoms with Gasteiger partial charge in [-0.3, -0.25) is 9.59 Å². The summed E-state index contributed by atoms with van der Waals surface area (Å²) in [5.41, 5.74) is 1.92. The summed E-state index contributed by atoms with van der Waals surface area (Å²) >= 11 is 3.39. The van der Waals surface area contributed by atoms with Crippen molar-refractivity contribution in [1.82, 2.24) is 4.98 Å². The molecule has 0 saturated carbocycles. The van der Waals surface area contributed by atoms with Crippen molar-refractivity contribution in [3.05, 3.63) is 44.2 Å². The molecule has 0 fully saturated rings. The monoisotopic (exact) mass is 309 g/mol. The molecule has 1 heterocycles. The van der Waals surface area contributed by atoms with Crippen LogP contribution in [-0.2, 0) is 11.2 Å². The van der Waals surface area contributed by atoms with E-state index in [4.69, 9.17) is 5.11 Å². The molecule has 0 spiro atoms. The van der Waals surface area contributed by atoms with Crippen molar-refractivity contribution < 1.29 is 9.90 Å². The first-order valence-electron chi connectivity index (χ1n) is 5.52. The molecule has 18 heavy (non-hydrogen) atoms. The average molecular weight is 310 g/mol. The van der Waals surface area contributed by atoms with E-state index in [1.165, 1.54) is 0 Å². The lowest BCUT2D eigenvalue weighted by atomic mass is 10.0. The van der Waals surface area contributed by atoms with Gasteiger partial charge in [0.2, 0.25) is 0 Å². The minimum absolute atomic E-state index is 0.0383. The summed E-state index contributed by atoms with van der Waals surface area (Å²) in [6, 6.07) is 5.66. The third-order valence-electron chi connectivity index (χ3n) is 2.97. The molecule has 0 aliphatic rings. The van der Waals surface area contributed by atoms with Gasteiger partial charge in [0.1, 0.15) is 0 Å². The van der Waals surface area contributed by atoms with Crippen LogP contribution in [-0.4, -0.2) is 16.1 Å². The topological polar surface area (TPSA) is 70.2 Å². The SMILES string of the molecule is Cc1c(CCC(=O)O)c(=O)[nH]c2c(Br)cccc12. The molecule has 2 aromatic rings. The van der Waals surface area contributed by atoms with Crippen LogP contribution in [0.5, 0.6) is 0 Å². The van der Waals surface area contributed by atoms with Crippen molar-refractivity contribution in [1.29, 1.82) is 0 Å². The number of aryl methyl sites for hydroxylation is 1. The van der Waals surface area contributed by atoms with E-state index >= 15 is 0 Å². The quantitative estimate of drug-likeness (QED) is 0.915. The van der Waals surface area contributed by atoms with Crippen LogP contribution in [0.1, 0.15) is 17.5 Å². The van der Waals surface area contributed by atoms with Gasteiger partial charge in [-0.2, -0.15) is 0 Å². The van der Waals surface area contributed by atoms with Crippen molar-refractivity contribution >= 4 is 32.8 Å². The first kappa shape index (κ1) is 12.8. The van der Waals surface area contributed by atoms with E-state index < -0.39 is 5.97 Å². The number of aromatic amines is 1. The van der Waals surface area contributed by atoms with Gasteiger partial charge >= 0.3 is 5.97 Å². The number of fused-ring (bicyclic) bond motifs is 1. The number of rotatable bonds is 3. The zero-order chi connectivity index (χ0) is 13.3. The second-order valence-electron chi connectivity index (χ2n) is 4.11. The number of para-hydroxylation sites is 1. The molecule has 0 atom stereocenters. The fourth-order valence-corrected chi connectivity index (χ4v) is 2.48. The lowest BCUT2D eigenvalue weighted by Gasteiger charge is -2.08. The van der Waals surface area contributed by atoms with E-state index in [9.17, 15) is 9.59 Å². The van der Waals surface area contributed by atoms with E-state index in [1.807, 2.05) is 25.1 Å². The van der Waals surface area contributed by atoms with Gasteiger partial charge in [0.05, 0.1) is 5.52 Å². The summed E-state index contributed by atoms with van der Waals surface area (Å²) in [6.07, 6.45) is 0.211. The Bertz CT molecular complexity index is 676. The Hall–Kier alpha value is -1.62. The number of aliphatic carboxylic acids is 1. The maximum Gasteiger partial charge on any atom is 0.303 e. The molecule has 2 N–H and O–H groups in total. The summed E-state index contributed by atoms with van der Waals surface area (Å²) in [6.45, 7) is 1.85. The Labute approximate surface area is 112 Å². The number of nitrogens with one attached hydrogen (secondary N) is 1. The average Bonchev–Trinajstić information content (AvgIpc) is 2.30. The second kappa shape index (κ2) is 4.94. The molecule has 0 aliphatic heterocycles. The van der Waals surface area contributed by atoms with E-state index in [-0.39, 0.29) is 18.4 Å². The van der Waals surface area contributed by atoms with E-state index in [1.54, 1.807) is 0 Å². The third-order valence-corrected chi connectivity index (χ3v) is 3.63. The van der Waals surface area contributed by atoms with Crippen molar-refractivity contribution in [3.63, 3.8) is 0 Å². The number of hydrogen-bond acceptors (Lipinski definition) is 2. The third kappa shape index (κ3) is 2.31. The van der Waals surface area contributed by atoms with Gasteiger partial charge in [0, 0.05) is 21.8 Å². The van der Waals surface area contributed by atoms with Gasteiger partial charge < -0.3 is 10.1 Å². The molecule has 2 rings (SSSR count). The molecule has 1 aromatic heterocycles. The van der Waals surface area contributed by atoms with Crippen molar-refractivity contribution in [2.45, 2.75) is 19.8 Å². The molecule has 1 aromatic carbocycles. The van der Waals surface area contributed by atoms with Crippen LogP contribution in [0.15, 0.2) is 27.5 Å². The number of carbonyl (C=O) groups is 1. The number of carboxylic acid groups (broad SMARTS) is 1. The van der Waals surface area contributed by atoms with Crippen LogP contribution in [0, 0.1) is 6.92 Å². The van der Waals surface area contributed by atoms with Crippen molar-refractivity contribution in [2.24, 2.45) is 0 Å². The number of H-pyrrole nitrogens is 1. The molecule has 0 saturated heterocycles. The van der Waals surface area contributed by atoms with Crippen LogP contribution in [0.2, 0.25) is 0 Å². The van der Waals surface area contributed by atoms with E-state index in [2.05, 4.69) is 20.9 Å². The smallest absolute Gasteiger partial charge is 0.303 e. The Morgan fingerprint density at radius 2 is 2.17 bits per heavy atom. The molecule has 0 radical (unpaired) electrons. The molecule has 94 valence electrons. The minimum atomic E-state index is -0.900. The van der Waals surface area contributed by atoms with Gasteiger partial charge in [-0.1, -0.05) is 12.1 Å². The molecule has 0 unspecified atom stereocenters. The van der Waals surface area contributed by atoms with Crippen LogP contribution in [0.25, 0.3) is 10.9 Å². The van der Waals surface area contributed by atoms with Crippen LogP contribution >= 0.6 is 15.9 Å². The lowest BCUT2D eigenvalue weighted by Crippen LogP contribution is -2.16. The standard InChI is InChI=1S/C13H12BrNO3/c1-7-8-3-2-4-10(14)12(8)15-13(18)9(7)5-6-11(16)17/h2-4H,5-6H2,1H3,(H,15,18)(H,16,17). The first-order valence-corrected chi connectivity index (χ1v) is 6.31.